The fourth-order valence-electron chi connectivity index (χ4n) is 3.68. The molecule has 1 heterocycles. The number of hydrogen-bond acceptors (Lipinski definition) is 4. The van der Waals surface area contributed by atoms with Gasteiger partial charge < -0.3 is 14.8 Å². The zero-order valence-corrected chi connectivity index (χ0v) is 18.2. The van der Waals surface area contributed by atoms with Crippen molar-refractivity contribution in [3.05, 3.63) is 59.8 Å². The first-order valence-electron chi connectivity index (χ1n) is 10.2. The minimum atomic E-state index is -4.43. The minimum Gasteiger partial charge on any atom is -0.494 e. The Hall–Kier alpha value is -2.35. The third kappa shape index (κ3) is 4.69. The van der Waals surface area contributed by atoms with Crippen molar-refractivity contribution in [2.45, 2.75) is 49.8 Å². The summed E-state index contributed by atoms with van der Waals surface area (Å²) < 4.78 is 39.3. The Balaban J connectivity index is 1.93. The zero-order chi connectivity index (χ0) is 21.8. The molecule has 0 bridgehead atoms. The van der Waals surface area contributed by atoms with E-state index in [4.69, 9.17) is 4.74 Å². The summed E-state index contributed by atoms with van der Waals surface area (Å²) in [5.74, 6) is 0.772. The topological polar surface area (TPSA) is 99.6 Å². The molecule has 0 fully saturated rings. The molecule has 162 valence electrons. The van der Waals surface area contributed by atoms with E-state index in [0.29, 0.717) is 17.9 Å². The number of rotatable bonds is 10. The molecule has 0 saturated carbocycles. The van der Waals surface area contributed by atoms with Gasteiger partial charge in [-0.1, -0.05) is 44.4 Å². The number of H-pyrrole nitrogens is 1. The highest BCUT2D eigenvalue weighted by atomic mass is 32.2. The van der Waals surface area contributed by atoms with E-state index in [1.165, 1.54) is 18.9 Å². The first kappa shape index (κ1) is 22.3. The van der Waals surface area contributed by atoms with Gasteiger partial charge in [0.15, 0.2) is 0 Å². The molecular weight excluding hydrogens is 402 g/mol. The Bertz CT molecular complexity index is 1110. The zero-order valence-electron chi connectivity index (χ0n) is 17.4. The van der Waals surface area contributed by atoms with E-state index >= 15 is 0 Å². The van der Waals surface area contributed by atoms with Gasteiger partial charge in [-0.05, 0) is 49.2 Å². The lowest BCUT2D eigenvalue weighted by atomic mass is 9.80. The molecule has 0 saturated heterocycles. The molecular formula is C23H29NO5S. The average molecular weight is 432 g/mol. The minimum absolute atomic E-state index is 0.212. The monoisotopic (exact) mass is 431 g/mol. The summed E-state index contributed by atoms with van der Waals surface area (Å²) in [6.45, 7) is 4.24. The number of hydrogen-bond donors (Lipinski definition) is 3. The maximum Gasteiger partial charge on any atom is 0.294 e. The van der Waals surface area contributed by atoms with Crippen LogP contribution in [-0.4, -0.2) is 36.3 Å². The Kier molecular flexibility index (Phi) is 6.85. The largest absolute Gasteiger partial charge is 0.494 e. The van der Waals surface area contributed by atoms with Gasteiger partial charge in [0.2, 0.25) is 0 Å². The summed E-state index contributed by atoms with van der Waals surface area (Å²) >= 11 is 0. The molecule has 0 radical (unpaired) electrons. The number of benzene rings is 2. The molecule has 1 atom stereocenters. The molecule has 3 rings (SSSR count). The van der Waals surface area contributed by atoms with E-state index in [-0.39, 0.29) is 11.5 Å². The number of unbranched alkanes of at least 4 members (excludes halogenated alkanes) is 3. The van der Waals surface area contributed by atoms with Crippen LogP contribution in [0.1, 0.15) is 50.8 Å². The number of aliphatic hydroxyl groups excluding tert-OH is 1. The fourth-order valence-corrected chi connectivity index (χ4v) is 4.50. The van der Waals surface area contributed by atoms with Gasteiger partial charge in [0.05, 0.1) is 23.5 Å². The quantitative estimate of drug-likeness (QED) is 0.320. The third-order valence-corrected chi connectivity index (χ3v) is 6.44. The summed E-state index contributed by atoms with van der Waals surface area (Å²) in [5.41, 5.74) is 0.782. The Morgan fingerprint density at radius 3 is 2.53 bits per heavy atom. The number of nitrogens with one attached hydrogen (secondary N) is 1. The van der Waals surface area contributed by atoms with Crippen LogP contribution < -0.4 is 4.74 Å². The summed E-state index contributed by atoms with van der Waals surface area (Å²) in [6, 6.07) is 13.8. The average Bonchev–Trinajstić information content (AvgIpc) is 3.16. The lowest BCUT2D eigenvalue weighted by Crippen LogP contribution is -2.30. The van der Waals surface area contributed by atoms with E-state index in [1.54, 1.807) is 25.1 Å². The summed E-state index contributed by atoms with van der Waals surface area (Å²) in [7, 11) is -4.43. The van der Waals surface area contributed by atoms with Crippen LogP contribution in [0.3, 0.4) is 0 Å². The third-order valence-electron chi connectivity index (χ3n) is 5.53. The van der Waals surface area contributed by atoms with Crippen LogP contribution in [-0.2, 0) is 15.5 Å². The lowest BCUT2D eigenvalue weighted by molar-refractivity contribution is 0.227. The van der Waals surface area contributed by atoms with Crippen molar-refractivity contribution in [1.29, 1.82) is 0 Å². The Morgan fingerprint density at radius 2 is 1.83 bits per heavy atom. The van der Waals surface area contributed by atoms with Crippen molar-refractivity contribution < 1.29 is 22.8 Å². The number of aromatic nitrogens is 1. The first-order valence-corrected chi connectivity index (χ1v) is 11.7. The number of aromatic amines is 1. The molecule has 3 aromatic rings. The highest BCUT2D eigenvalue weighted by Crippen LogP contribution is 2.37. The predicted molar refractivity (Wildman–Crippen MR) is 118 cm³/mol. The summed E-state index contributed by atoms with van der Waals surface area (Å²) in [4.78, 5) is 3.07. The highest BCUT2D eigenvalue weighted by Gasteiger charge is 2.34. The van der Waals surface area contributed by atoms with Crippen molar-refractivity contribution >= 4 is 21.0 Å². The van der Waals surface area contributed by atoms with Crippen molar-refractivity contribution in [1.82, 2.24) is 4.98 Å². The van der Waals surface area contributed by atoms with Gasteiger partial charge in [-0.3, -0.25) is 4.55 Å². The van der Waals surface area contributed by atoms with Crippen LogP contribution in [0.15, 0.2) is 53.4 Å². The predicted octanol–water partition coefficient (Wildman–Crippen LogP) is 4.67. The van der Waals surface area contributed by atoms with Crippen molar-refractivity contribution in [3.63, 3.8) is 0 Å². The smallest absolute Gasteiger partial charge is 0.294 e. The standard InChI is InChI=1S/C23H29NO5S/c1-3-4-5-8-13-29-18-11-12-20-17(14-18)15-22(24-20)23(2,16-25)19-9-6-7-10-21(19)30(26,27)28/h6-7,9-12,14-15,24-25H,3-5,8,13,16H2,1-2H3,(H,26,27,28). The molecule has 0 aliphatic heterocycles. The number of fused-ring (bicyclic) bond motifs is 1. The molecule has 6 nitrogen and oxygen atoms in total. The van der Waals surface area contributed by atoms with E-state index in [2.05, 4.69) is 11.9 Å². The summed E-state index contributed by atoms with van der Waals surface area (Å²) in [6.07, 6.45) is 4.55. The molecule has 0 aliphatic carbocycles. The molecule has 1 aromatic heterocycles. The molecule has 0 amide bonds. The molecule has 1 unspecified atom stereocenters. The molecule has 3 N–H and O–H groups in total. The van der Waals surface area contributed by atoms with Crippen LogP contribution in [0.2, 0.25) is 0 Å². The summed E-state index contributed by atoms with van der Waals surface area (Å²) in [5, 5.41) is 11.1. The van der Waals surface area contributed by atoms with Crippen molar-refractivity contribution in [2.24, 2.45) is 0 Å². The van der Waals surface area contributed by atoms with Crippen LogP contribution in [0.25, 0.3) is 10.9 Å². The Morgan fingerprint density at radius 1 is 1.07 bits per heavy atom. The van der Waals surface area contributed by atoms with Crippen LogP contribution in [0, 0.1) is 0 Å². The molecule has 30 heavy (non-hydrogen) atoms. The van der Waals surface area contributed by atoms with Gasteiger partial charge in [-0.15, -0.1) is 0 Å². The normalized spacial score (nSPS) is 14.0. The maximum absolute atomic E-state index is 11.9. The van der Waals surface area contributed by atoms with Gasteiger partial charge in [0.1, 0.15) is 5.75 Å². The fraction of sp³-hybridized carbons (Fsp3) is 0.391. The van der Waals surface area contributed by atoms with Gasteiger partial charge >= 0.3 is 0 Å². The van der Waals surface area contributed by atoms with Gasteiger partial charge in [-0.25, -0.2) is 0 Å². The van der Waals surface area contributed by atoms with E-state index in [1.807, 2.05) is 24.3 Å². The van der Waals surface area contributed by atoms with Crippen molar-refractivity contribution in [2.75, 3.05) is 13.2 Å². The van der Waals surface area contributed by atoms with Crippen LogP contribution >= 0.6 is 0 Å². The van der Waals surface area contributed by atoms with Crippen LogP contribution in [0.4, 0.5) is 0 Å². The molecule has 0 aliphatic rings. The number of aliphatic hydroxyl groups is 1. The van der Waals surface area contributed by atoms with E-state index < -0.39 is 15.5 Å². The van der Waals surface area contributed by atoms with Gasteiger partial charge in [0, 0.05) is 16.6 Å². The van der Waals surface area contributed by atoms with Crippen molar-refractivity contribution in [3.8, 4) is 5.75 Å². The number of ether oxygens (including phenoxy) is 1. The highest BCUT2D eigenvalue weighted by molar-refractivity contribution is 7.85. The molecule has 7 heteroatoms. The second-order valence-electron chi connectivity index (χ2n) is 7.80. The lowest BCUT2D eigenvalue weighted by Gasteiger charge is -2.28. The second kappa shape index (κ2) is 9.20. The van der Waals surface area contributed by atoms with Crippen LogP contribution in [0.5, 0.6) is 5.75 Å². The second-order valence-corrected chi connectivity index (χ2v) is 9.19. The maximum atomic E-state index is 11.9. The first-order chi connectivity index (χ1) is 14.3. The van der Waals surface area contributed by atoms with Gasteiger partial charge in [-0.2, -0.15) is 8.42 Å². The Labute approximate surface area is 177 Å². The van der Waals surface area contributed by atoms with Gasteiger partial charge in [0.25, 0.3) is 10.1 Å². The SMILES string of the molecule is CCCCCCOc1ccc2[nH]c(C(C)(CO)c3ccccc3S(=O)(=O)O)cc2c1. The molecule has 0 spiro atoms. The van der Waals surface area contributed by atoms with E-state index in [9.17, 15) is 18.1 Å². The van der Waals surface area contributed by atoms with E-state index in [0.717, 1.165) is 29.5 Å². The molecule has 2 aromatic carbocycles.